The van der Waals surface area contributed by atoms with Crippen LogP contribution in [0.3, 0.4) is 0 Å². The Balaban J connectivity index is 1.59. The molecule has 1 N–H and O–H groups in total. The van der Waals surface area contributed by atoms with Crippen LogP contribution >= 0.6 is 23.2 Å². The Morgan fingerprint density at radius 2 is 1.89 bits per heavy atom. The van der Waals surface area contributed by atoms with Gasteiger partial charge in [0.2, 0.25) is 11.8 Å². The molecule has 0 bridgehead atoms. The Morgan fingerprint density at radius 1 is 1.11 bits per heavy atom. The van der Waals surface area contributed by atoms with Crippen molar-refractivity contribution in [2.24, 2.45) is 0 Å². The maximum Gasteiger partial charge on any atom is 0.325 e. The van der Waals surface area contributed by atoms with Gasteiger partial charge in [-0.3, -0.25) is 9.69 Å². The van der Waals surface area contributed by atoms with Crippen LogP contribution in [0.25, 0.3) is 11.5 Å². The zero-order chi connectivity index (χ0) is 19.9. The van der Waals surface area contributed by atoms with Crippen molar-refractivity contribution in [3.63, 3.8) is 0 Å². The van der Waals surface area contributed by atoms with Crippen molar-refractivity contribution >= 4 is 35.1 Å². The fourth-order valence-electron chi connectivity index (χ4n) is 3.03. The first kappa shape index (κ1) is 18.5. The average molecular weight is 417 g/mol. The summed E-state index contributed by atoms with van der Waals surface area (Å²) in [6, 6.07) is 13.3. The first-order chi connectivity index (χ1) is 13.4. The standard InChI is InChI=1S/C19H14Cl2N4O3/c1-19(11-5-4-6-12(20)9-11)17(26)25(18(27)22-19)10-15-23-24-16(28-15)13-7-2-3-8-14(13)21/h2-9H,10H2,1H3,(H,22,27). The Labute approximate surface area is 170 Å². The lowest BCUT2D eigenvalue weighted by atomic mass is 9.92. The smallest absolute Gasteiger partial charge is 0.325 e. The highest BCUT2D eigenvalue weighted by molar-refractivity contribution is 6.33. The Morgan fingerprint density at radius 3 is 2.64 bits per heavy atom. The third-order valence-electron chi connectivity index (χ3n) is 4.54. The Kier molecular flexibility index (Phi) is 4.56. The molecule has 0 saturated carbocycles. The average Bonchev–Trinajstić information content (AvgIpc) is 3.21. The highest BCUT2D eigenvalue weighted by atomic mass is 35.5. The molecule has 3 amide bonds. The van der Waals surface area contributed by atoms with Crippen LogP contribution in [0.2, 0.25) is 10.0 Å². The molecule has 7 nitrogen and oxygen atoms in total. The van der Waals surface area contributed by atoms with E-state index in [-0.39, 0.29) is 18.3 Å². The maximum absolute atomic E-state index is 13.0. The first-order valence-electron chi connectivity index (χ1n) is 8.36. The summed E-state index contributed by atoms with van der Waals surface area (Å²) in [5.74, 6) is -0.101. The molecule has 1 aromatic heterocycles. The third-order valence-corrected chi connectivity index (χ3v) is 5.11. The molecule has 0 radical (unpaired) electrons. The molecular formula is C19H14Cl2N4O3. The summed E-state index contributed by atoms with van der Waals surface area (Å²) in [6.07, 6.45) is 0. The molecule has 2 aromatic carbocycles. The second-order valence-electron chi connectivity index (χ2n) is 6.44. The van der Waals surface area contributed by atoms with Gasteiger partial charge in [-0.1, -0.05) is 47.5 Å². The lowest BCUT2D eigenvalue weighted by molar-refractivity contribution is -0.131. The minimum atomic E-state index is -1.23. The fraction of sp³-hybridized carbons (Fsp3) is 0.158. The van der Waals surface area contributed by atoms with Crippen LogP contribution < -0.4 is 5.32 Å². The zero-order valence-corrected chi connectivity index (χ0v) is 16.2. The van der Waals surface area contributed by atoms with Gasteiger partial charge in [-0.05, 0) is 36.8 Å². The van der Waals surface area contributed by atoms with Crippen molar-refractivity contribution in [1.29, 1.82) is 0 Å². The number of carbonyl (C=O) groups is 2. The Bertz CT molecular complexity index is 1080. The molecular weight excluding hydrogens is 403 g/mol. The van der Waals surface area contributed by atoms with E-state index in [0.29, 0.717) is 21.2 Å². The van der Waals surface area contributed by atoms with Gasteiger partial charge in [0.25, 0.3) is 5.91 Å². The van der Waals surface area contributed by atoms with Gasteiger partial charge in [0.15, 0.2) is 0 Å². The van der Waals surface area contributed by atoms with Crippen molar-refractivity contribution in [3.05, 3.63) is 70.0 Å². The molecule has 2 heterocycles. The van der Waals surface area contributed by atoms with Gasteiger partial charge in [-0.15, -0.1) is 10.2 Å². The number of benzene rings is 2. The minimum Gasteiger partial charge on any atom is -0.419 e. The van der Waals surface area contributed by atoms with Crippen LogP contribution in [0.15, 0.2) is 52.9 Å². The van der Waals surface area contributed by atoms with Gasteiger partial charge in [0, 0.05) is 5.02 Å². The van der Waals surface area contributed by atoms with E-state index in [1.807, 2.05) is 0 Å². The van der Waals surface area contributed by atoms with Crippen LogP contribution in [0.5, 0.6) is 0 Å². The van der Waals surface area contributed by atoms with Crippen LogP contribution in [0, 0.1) is 0 Å². The summed E-state index contributed by atoms with van der Waals surface area (Å²) in [7, 11) is 0. The molecule has 9 heteroatoms. The van der Waals surface area contributed by atoms with Crippen molar-refractivity contribution in [1.82, 2.24) is 20.4 Å². The molecule has 1 unspecified atom stereocenters. The predicted octanol–water partition coefficient (Wildman–Crippen LogP) is 4.01. The van der Waals surface area contributed by atoms with Crippen LogP contribution in [0.4, 0.5) is 4.79 Å². The van der Waals surface area contributed by atoms with Gasteiger partial charge >= 0.3 is 6.03 Å². The van der Waals surface area contributed by atoms with E-state index in [9.17, 15) is 9.59 Å². The maximum atomic E-state index is 13.0. The predicted molar refractivity (Wildman–Crippen MR) is 103 cm³/mol. The van der Waals surface area contributed by atoms with Gasteiger partial charge in [0.05, 0.1) is 10.6 Å². The normalized spacial score (nSPS) is 19.2. The number of carbonyl (C=O) groups excluding carboxylic acids is 2. The summed E-state index contributed by atoms with van der Waals surface area (Å²) in [5, 5.41) is 11.5. The van der Waals surface area contributed by atoms with E-state index in [2.05, 4.69) is 15.5 Å². The third kappa shape index (κ3) is 3.12. The van der Waals surface area contributed by atoms with Crippen LogP contribution in [0.1, 0.15) is 18.4 Å². The highest BCUT2D eigenvalue weighted by Crippen LogP contribution is 2.32. The molecule has 0 spiro atoms. The first-order valence-corrected chi connectivity index (χ1v) is 9.11. The molecule has 0 aliphatic carbocycles. The number of rotatable bonds is 4. The molecule has 28 heavy (non-hydrogen) atoms. The lowest BCUT2D eigenvalue weighted by Crippen LogP contribution is -2.40. The van der Waals surface area contributed by atoms with E-state index >= 15 is 0 Å². The van der Waals surface area contributed by atoms with Crippen LogP contribution in [-0.2, 0) is 16.9 Å². The lowest BCUT2D eigenvalue weighted by Gasteiger charge is -2.22. The number of hydrogen-bond acceptors (Lipinski definition) is 5. The number of nitrogens with zero attached hydrogens (tertiary/aromatic N) is 3. The van der Waals surface area contributed by atoms with Crippen molar-refractivity contribution in [2.75, 3.05) is 0 Å². The van der Waals surface area contributed by atoms with Crippen molar-refractivity contribution in [2.45, 2.75) is 19.0 Å². The zero-order valence-electron chi connectivity index (χ0n) is 14.6. The highest BCUT2D eigenvalue weighted by Gasteiger charge is 2.49. The number of imide groups is 1. The SMILES string of the molecule is CC1(c2cccc(Cl)c2)NC(=O)N(Cc2nnc(-c3ccccc3Cl)o2)C1=O. The second-order valence-corrected chi connectivity index (χ2v) is 7.28. The van der Waals surface area contributed by atoms with Crippen molar-refractivity contribution in [3.8, 4) is 11.5 Å². The summed E-state index contributed by atoms with van der Waals surface area (Å²) in [4.78, 5) is 26.4. The molecule has 1 fully saturated rings. The van der Waals surface area contributed by atoms with E-state index in [4.69, 9.17) is 27.6 Å². The minimum absolute atomic E-state index is 0.119. The molecule has 1 atom stereocenters. The van der Waals surface area contributed by atoms with Gasteiger partial charge in [-0.2, -0.15) is 0 Å². The summed E-state index contributed by atoms with van der Waals surface area (Å²) < 4.78 is 5.60. The summed E-state index contributed by atoms with van der Waals surface area (Å²) in [5.41, 5.74) is -0.0693. The quantitative estimate of drug-likeness (QED) is 0.648. The number of hydrogen-bond donors (Lipinski definition) is 1. The van der Waals surface area contributed by atoms with E-state index in [1.165, 1.54) is 0 Å². The number of amides is 3. The molecule has 1 aliphatic heterocycles. The van der Waals surface area contributed by atoms with Crippen LogP contribution in [-0.4, -0.2) is 27.0 Å². The molecule has 4 rings (SSSR count). The van der Waals surface area contributed by atoms with E-state index in [1.54, 1.807) is 55.5 Å². The number of aromatic nitrogens is 2. The topological polar surface area (TPSA) is 88.3 Å². The van der Waals surface area contributed by atoms with Gasteiger partial charge in [-0.25, -0.2) is 4.79 Å². The van der Waals surface area contributed by atoms with Gasteiger partial charge in [0.1, 0.15) is 12.1 Å². The number of urea groups is 1. The molecule has 142 valence electrons. The van der Waals surface area contributed by atoms with E-state index < -0.39 is 17.5 Å². The number of nitrogens with one attached hydrogen (secondary N) is 1. The monoisotopic (exact) mass is 416 g/mol. The fourth-order valence-corrected chi connectivity index (χ4v) is 3.44. The largest absolute Gasteiger partial charge is 0.419 e. The Hall–Kier alpha value is -2.90. The molecule has 1 aliphatic rings. The summed E-state index contributed by atoms with van der Waals surface area (Å²) in [6.45, 7) is 1.47. The van der Waals surface area contributed by atoms with E-state index in [0.717, 1.165) is 4.90 Å². The summed E-state index contributed by atoms with van der Waals surface area (Å²) >= 11 is 12.2. The molecule has 1 saturated heterocycles. The number of halogens is 2. The molecule has 3 aromatic rings. The second kappa shape index (κ2) is 6.92. The van der Waals surface area contributed by atoms with Gasteiger partial charge < -0.3 is 9.73 Å². The van der Waals surface area contributed by atoms with Crippen molar-refractivity contribution < 1.29 is 14.0 Å².